The Morgan fingerprint density at radius 3 is 2.14 bits per heavy atom. The van der Waals surface area contributed by atoms with E-state index in [9.17, 15) is 19.2 Å². The zero-order valence-corrected chi connectivity index (χ0v) is 23.1. The van der Waals surface area contributed by atoms with Crippen molar-refractivity contribution in [2.45, 2.75) is 106 Å². The Balaban J connectivity index is 1.47. The first-order valence-corrected chi connectivity index (χ1v) is 13.7. The molecule has 0 aliphatic carbocycles. The number of rotatable bonds is 12. The monoisotopic (exact) mass is 491 g/mol. The number of nitrogens with one attached hydrogen (secondary N) is 1. The number of amides is 4. The first kappa shape index (κ1) is 29.3. The minimum atomic E-state index is -0.222. The molecular formula is C28H49N3O4. The highest BCUT2D eigenvalue weighted by Crippen LogP contribution is 2.35. The SMILES string of the molecule is CC(C)(C)C1CCN(C(=O)CCCCCNC(=O)CCCCCN2C(=O)CC(C(C)(C)C)C2=O)C1. The molecule has 200 valence electrons. The Hall–Kier alpha value is -1.92. The minimum absolute atomic E-state index is 0.0449. The number of likely N-dealkylation sites (tertiary alicyclic amines) is 2. The van der Waals surface area contributed by atoms with Gasteiger partial charge in [0.1, 0.15) is 0 Å². The fourth-order valence-electron chi connectivity index (χ4n) is 5.07. The van der Waals surface area contributed by atoms with Gasteiger partial charge in [0.05, 0.1) is 5.92 Å². The molecule has 0 aromatic rings. The molecule has 2 unspecified atom stereocenters. The number of imide groups is 1. The van der Waals surface area contributed by atoms with Crippen LogP contribution in [-0.4, -0.2) is 59.6 Å². The maximum absolute atomic E-state index is 12.5. The lowest BCUT2D eigenvalue weighted by Crippen LogP contribution is -2.34. The molecule has 4 amide bonds. The van der Waals surface area contributed by atoms with E-state index < -0.39 is 0 Å². The molecule has 2 aliphatic heterocycles. The second-order valence-corrected chi connectivity index (χ2v) is 12.7. The molecule has 2 fully saturated rings. The molecule has 0 aromatic heterocycles. The average Bonchev–Trinajstić information content (AvgIpc) is 3.36. The van der Waals surface area contributed by atoms with Crippen molar-refractivity contribution < 1.29 is 19.2 Å². The lowest BCUT2D eigenvalue weighted by atomic mass is 9.80. The van der Waals surface area contributed by atoms with Gasteiger partial charge in [-0.1, -0.05) is 54.4 Å². The van der Waals surface area contributed by atoms with Crippen LogP contribution in [0.4, 0.5) is 0 Å². The van der Waals surface area contributed by atoms with E-state index >= 15 is 0 Å². The summed E-state index contributed by atoms with van der Waals surface area (Å²) in [6.07, 6.45) is 7.50. The van der Waals surface area contributed by atoms with Crippen LogP contribution >= 0.6 is 0 Å². The number of hydrogen-bond acceptors (Lipinski definition) is 4. The fourth-order valence-corrected chi connectivity index (χ4v) is 5.07. The van der Waals surface area contributed by atoms with Gasteiger partial charge in [0.15, 0.2) is 0 Å². The number of nitrogens with zero attached hydrogens (tertiary/aromatic N) is 2. The highest BCUT2D eigenvalue weighted by atomic mass is 16.2. The second kappa shape index (κ2) is 12.9. The van der Waals surface area contributed by atoms with Gasteiger partial charge in [-0.05, 0) is 48.9 Å². The van der Waals surface area contributed by atoms with Crippen molar-refractivity contribution >= 4 is 23.6 Å². The summed E-state index contributed by atoms with van der Waals surface area (Å²) in [6.45, 7) is 15.6. The van der Waals surface area contributed by atoms with E-state index in [0.717, 1.165) is 58.0 Å². The van der Waals surface area contributed by atoms with Gasteiger partial charge in [0, 0.05) is 45.4 Å². The quantitative estimate of drug-likeness (QED) is 0.321. The first-order chi connectivity index (χ1) is 16.3. The molecule has 0 radical (unpaired) electrons. The molecule has 0 bridgehead atoms. The topological polar surface area (TPSA) is 86.8 Å². The van der Waals surface area contributed by atoms with E-state index in [1.54, 1.807) is 0 Å². The molecule has 2 saturated heterocycles. The fraction of sp³-hybridized carbons (Fsp3) is 0.857. The van der Waals surface area contributed by atoms with Crippen LogP contribution in [0.3, 0.4) is 0 Å². The van der Waals surface area contributed by atoms with E-state index in [0.29, 0.717) is 38.3 Å². The van der Waals surface area contributed by atoms with Gasteiger partial charge in [-0.3, -0.25) is 24.1 Å². The minimum Gasteiger partial charge on any atom is -0.356 e. The Kier molecular flexibility index (Phi) is 10.8. The molecule has 7 nitrogen and oxygen atoms in total. The maximum Gasteiger partial charge on any atom is 0.233 e. The van der Waals surface area contributed by atoms with Crippen molar-refractivity contribution in [2.75, 3.05) is 26.2 Å². The first-order valence-electron chi connectivity index (χ1n) is 13.7. The van der Waals surface area contributed by atoms with Gasteiger partial charge in [-0.2, -0.15) is 0 Å². The third-order valence-electron chi connectivity index (χ3n) is 7.73. The number of hydrogen-bond donors (Lipinski definition) is 1. The lowest BCUT2D eigenvalue weighted by Gasteiger charge is -2.27. The summed E-state index contributed by atoms with van der Waals surface area (Å²) in [6, 6.07) is 0. The Morgan fingerprint density at radius 2 is 1.54 bits per heavy atom. The van der Waals surface area contributed by atoms with Crippen LogP contribution in [0, 0.1) is 22.7 Å². The summed E-state index contributed by atoms with van der Waals surface area (Å²) in [7, 11) is 0. The zero-order valence-electron chi connectivity index (χ0n) is 23.1. The third-order valence-corrected chi connectivity index (χ3v) is 7.73. The van der Waals surface area contributed by atoms with Gasteiger partial charge in [-0.15, -0.1) is 0 Å². The largest absolute Gasteiger partial charge is 0.356 e. The molecule has 2 rings (SSSR count). The molecule has 35 heavy (non-hydrogen) atoms. The van der Waals surface area contributed by atoms with Crippen LogP contribution in [0.15, 0.2) is 0 Å². The van der Waals surface area contributed by atoms with Crippen LogP contribution in [0.25, 0.3) is 0 Å². The number of unbranched alkanes of at least 4 members (excludes halogenated alkanes) is 4. The summed E-state index contributed by atoms with van der Waals surface area (Å²) in [5.41, 5.74) is 0.0632. The van der Waals surface area contributed by atoms with Gasteiger partial charge in [-0.25, -0.2) is 0 Å². The van der Waals surface area contributed by atoms with Crippen LogP contribution in [0.1, 0.15) is 106 Å². The Bertz CT molecular complexity index is 750. The molecular weight excluding hydrogens is 442 g/mol. The average molecular weight is 492 g/mol. The molecule has 2 aliphatic rings. The van der Waals surface area contributed by atoms with E-state index in [1.807, 2.05) is 25.7 Å². The van der Waals surface area contributed by atoms with E-state index in [4.69, 9.17) is 0 Å². The smallest absolute Gasteiger partial charge is 0.233 e. The van der Waals surface area contributed by atoms with Crippen molar-refractivity contribution in [1.82, 2.24) is 15.1 Å². The van der Waals surface area contributed by atoms with Crippen molar-refractivity contribution in [3.63, 3.8) is 0 Å². The van der Waals surface area contributed by atoms with Crippen LogP contribution < -0.4 is 5.32 Å². The molecule has 2 heterocycles. The number of carbonyl (C=O) groups is 4. The van der Waals surface area contributed by atoms with E-state index in [-0.39, 0.29) is 40.4 Å². The molecule has 7 heteroatoms. The summed E-state index contributed by atoms with van der Waals surface area (Å²) in [5, 5.41) is 2.96. The van der Waals surface area contributed by atoms with Crippen molar-refractivity contribution in [2.24, 2.45) is 22.7 Å². The highest BCUT2D eigenvalue weighted by Gasteiger charge is 2.44. The second-order valence-electron chi connectivity index (χ2n) is 12.7. The summed E-state index contributed by atoms with van der Waals surface area (Å²) < 4.78 is 0. The lowest BCUT2D eigenvalue weighted by molar-refractivity contribution is -0.140. The number of carbonyl (C=O) groups excluding carboxylic acids is 4. The van der Waals surface area contributed by atoms with E-state index in [2.05, 4.69) is 26.1 Å². The van der Waals surface area contributed by atoms with Crippen LogP contribution in [-0.2, 0) is 19.2 Å². The zero-order chi connectivity index (χ0) is 26.2. The molecule has 0 aromatic carbocycles. The highest BCUT2D eigenvalue weighted by molar-refractivity contribution is 6.03. The predicted molar refractivity (Wildman–Crippen MR) is 138 cm³/mol. The summed E-state index contributed by atoms with van der Waals surface area (Å²) in [5.74, 6) is 0.576. The third kappa shape index (κ3) is 9.23. The van der Waals surface area contributed by atoms with E-state index in [1.165, 1.54) is 4.90 Å². The van der Waals surface area contributed by atoms with Crippen LogP contribution in [0.5, 0.6) is 0 Å². The van der Waals surface area contributed by atoms with Gasteiger partial charge < -0.3 is 10.2 Å². The predicted octanol–water partition coefficient (Wildman–Crippen LogP) is 4.54. The Morgan fingerprint density at radius 1 is 0.886 bits per heavy atom. The standard InChI is InChI=1S/C28H49N3O4/c1-27(2,3)21-15-18-30(20-21)24(33)14-10-7-11-16-29-23(32)13-9-8-12-17-31-25(34)19-22(26(31)35)28(4,5)6/h21-22H,7-20H2,1-6H3,(H,29,32). The molecule has 0 saturated carbocycles. The van der Waals surface area contributed by atoms with Gasteiger partial charge in [0.2, 0.25) is 23.6 Å². The Labute approximate surface area is 212 Å². The van der Waals surface area contributed by atoms with Crippen LogP contribution in [0.2, 0.25) is 0 Å². The molecule has 0 spiro atoms. The molecule has 2 atom stereocenters. The van der Waals surface area contributed by atoms with Gasteiger partial charge in [0.25, 0.3) is 0 Å². The maximum atomic E-state index is 12.5. The normalized spacial score (nSPS) is 21.2. The molecule has 1 N–H and O–H groups in total. The van der Waals surface area contributed by atoms with Crippen molar-refractivity contribution in [1.29, 1.82) is 0 Å². The van der Waals surface area contributed by atoms with Crippen molar-refractivity contribution in [3.8, 4) is 0 Å². The summed E-state index contributed by atoms with van der Waals surface area (Å²) in [4.78, 5) is 52.6. The van der Waals surface area contributed by atoms with Gasteiger partial charge >= 0.3 is 0 Å². The van der Waals surface area contributed by atoms with Crippen molar-refractivity contribution in [3.05, 3.63) is 0 Å². The summed E-state index contributed by atoms with van der Waals surface area (Å²) >= 11 is 0.